The van der Waals surface area contributed by atoms with Crippen LogP contribution in [0.1, 0.15) is 26.7 Å². The van der Waals surface area contributed by atoms with Crippen LogP contribution in [0.3, 0.4) is 0 Å². The van der Waals surface area contributed by atoms with Gasteiger partial charge in [0, 0.05) is 9.52 Å². The molecule has 18 heavy (non-hydrogen) atoms. The second kappa shape index (κ2) is 19.8. The van der Waals surface area contributed by atoms with Crippen LogP contribution >= 0.6 is 0 Å². The van der Waals surface area contributed by atoms with Crippen molar-refractivity contribution in [3.8, 4) is 0 Å². The molecule has 0 amide bonds. The third-order valence-electron chi connectivity index (χ3n) is 1.73. The molecule has 4 heteroatoms. The first-order valence-corrected chi connectivity index (χ1v) is 7.73. The number of halogens is 2. The average Bonchev–Trinajstić information content (AvgIpc) is 2.81. The summed E-state index contributed by atoms with van der Waals surface area (Å²) in [5, 5.41) is 0. The van der Waals surface area contributed by atoms with Gasteiger partial charge in [-0.15, -0.1) is 12.8 Å². The second-order valence-electron chi connectivity index (χ2n) is 3.51. The normalized spacial score (nSPS) is 13.3. The van der Waals surface area contributed by atoms with Crippen LogP contribution in [0.25, 0.3) is 0 Å². The van der Waals surface area contributed by atoms with E-state index in [4.69, 9.17) is 0 Å². The van der Waals surface area contributed by atoms with Crippen LogP contribution < -0.4 is 24.8 Å². The molecule has 0 spiro atoms. The molecule has 0 aliphatic heterocycles. The van der Waals surface area contributed by atoms with Crippen molar-refractivity contribution in [3.63, 3.8) is 0 Å². The molecule has 0 nitrogen and oxygen atoms in total. The molecule has 0 unspecified atom stereocenters. The molecule has 0 aromatic carbocycles. The van der Waals surface area contributed by atoms with E-state index >= 15 is 0 Å². The predicted octanol–water partition coefficient (Wildman–Crippen LogP) is -2.08. The first-order chi connectivity index (χ1) is 7.20. The van der Waals surface area contributed by atoms with Crippen molar-refractivity contribution in [2.24, 2.45) is 0 Å². The topological polar surface area (TPSA) is 0 Å². The summed E-state index contributed by atoms with van der Waals surface area (Å²) in [6.07, 6.45) is 16.7. The van der Waals surface area contributed by atoms with Crippen molar-refractivity contribution in [2.45, 2.75) is 39.8 Å². The summed E-state index contributed by atoms with van der Waals surface area (Å²) in [5.41, 5.74) is 2.55. The largest absolute Gasteiger partial charge is 4.00 e. The van der Waals surface area contributed by atoms with Gasteiger partial charge < -0.3 is 24.8 Å². The van der Waals surface area contributed by atoms with Crippen LogP contribution in [0.4, 0.5) is 0 Å². The van der Waals surface area contributed by atoms with E-state index in [-0.39, 0.29) is 46.5 Å². The molecule has 2 aliphatic carbocycles. The minimum atomic E-state index is 0. The zero-order valence-electron chi connectivity index (χ0n) is 11.6. The monoisotopic (exact) mass is 335 g/mol. The molecule has 0 bridgehead atoms. The minimum absolute atomic E-state index is 0. The molecule has 1 radical (unpaired) electrons. The van der Waals surface area contributed by atoms with Crippen LogP contribution in [0, 0.1) is 12.2 Å². The summed E-state index contributed by atoms with van der Waals surface area (Å²) in [5.74, 6) is 0. The van der Waals surface area contributed by atoms with E-state index in [1.54, 1.807) is 0 Å². The summed E-state index contributed by atoms with van der Waals surface area (Å²) >= 11 is 0. The number of allylic oxidation sites excluding steroid dienone is 8. The quantitative estimate of drug-likeness (QED) is 0.352. The standard InChI is InChI=1S/2C6H7.C2H7Si.2ClH.Ti/c2*1-6-4-2-3-5-6;1-3-2;;;/h2*2,4H,3H2,1H3;3H,1-2H3;2*1H;/q2*-1;;;;+4/p-2. The SMILES string of the molecule is CC1=[C-]CC=C1.CC1=[C-]CC=C1.C[SiH]C.[Cl-].[Cl-].[Ti+4]. The Morgan fingerprint density at radius 3 is 1.22 bits per heavy atom. The van der Waals surface area contributed by atoms with E-state index in [0.29, 0.717) is 0 Å². The van der Waals surface area contributed by atoms with Crippen LogP contribution in [0.15, 0.2) is 35.5 Å². The average molecular weight is 336 g/mol. The number of hydrogen-bond acceptors (Lipinski definition) is 0. The van der Waals surface area contributed by atoms with Crippen molar-refractivity contribution in [2.75, 3.05) is 0 Å². The minimum Gasteiger partial charge on any atom is -1.00 e. The first-order valence-electron chi connectivity index (χ1n) is 5.42. The Kier molecular flexibility index (Phi) is 29.6. The summed E-state index contributed by atoms with van der Waals surface area (Å²) in [6, 6.07) is 0. The van der Waals surface area contributed by atoms with Gasteiger partial charge in [0.1, 0.15) is 0 Å². The van der Waals surface area contributed by atoms with Crippen LogP contribution in [-0.2, 0) is 21.7 Å². The molecule has 0 aromatic rings. The molecule has 99 valence electrons. The van der Waals surface area contributed by atoms with Gasteiger partial charge in [0.25, 0.3) is 0 Å². The van der Waals surface area contributed by atoms with Gasteiger partial charge in [-0.05, 0) is 0 Å². The molecule has 0 aromatic heterocycles. The molecule has 0 saturated heterocycles. The van der Waals surface area contributed by atoms with Gasteiger partial charge in [0.2, 0.25) is 0 Å². The van der Waals surface area contributed by atoms with Gasteiger partial charge >= 0.3 is 21.7 Å². The van der Waals surface area contributed by atoms with E-state index < -0.39 is 0 Å². The van der Waals surface area contributed by atoms with Gasteiger partial charge in [-0.3, -0.25) is 12.2 Å². The second-order valence-corrected chi connectivity index (χ2v) is 4.66. The van der Waals surface area contributed by atoms with Gasteiger partial charge in [-0.1, -0.05) is 26.9 Å². The van der Waals surface area contributed by atoms with Crippen molar-refractivity contribution >= 4 is 9.52 Å². The van der Waals surface area contributed by atoms with Crippen molar-refractivity contribution in [3.05, 3.63) is 47.6 Å². The Bertz CT molecular complexity index is 248. The maximum absolute atomic E-state index is 3.12. The smallest absolute Gasteiger partial charge is 1.00 e. The first kappa shape index (κ1) is 26.9. The molecule has 2 aliphatic rings. The Labute approximate surface area is 143 Å². The Hall–Kier alpha value is 0.471. The third kappa shape index (κ3) is 18.8. The zero-order chi connectivity index (χ0) is 11.5. The van der Waals surface area contributed by atoms with E-state index in [1.807, 2.05) is 0 Å². The third-order valence-corrected chi connectivity index (χ3v) is 1.73. The van der Waals surface area contributed by atoms with Gasteiger partial charge in [0.05, 0.1) is 0 Å². The van der Waals surface area contributed by atoms with Gasteiger partial charge in [0.15, 0.2) is 0 Å². The summed E-state index contributed by atoms with van der Waals surface area (Å²) in [4.78, 5) is 0. The predicted molar refractivity (Wildman–Crippen MR) is 71.3 cm³/mol. The number of hydrogen-bond donors (Lipinski definition) is 0. The Balaban J connectivity index is -0.0000000793. The van der Waals surface area contributed by atoms with E-state index in [0.717, 1.165) is 22.4 Å². The van der Waals surface area contributed by atoms with E-state index in [1.165, 1.54) is 11.1 Å². The van der Waals surface area contributed by atoms with E-state index in [9.17, 15) is 0 Å². The Morgan fingerprint density at radius 2 is 1.17 bits per heavy atom. The molecule has 0 fully saturated rings. The maximum atomic E-state index is 3.12. The van der Waals surface area contributed by atoms with Crippen molar-refractivity contribution in [1.82, 2.24) is 0 Å². The molecular formula is C14H21Cl2SiTi. The molecular weight excluding hydrogens is 315 g/mol. The molecule has 0 atom stereocenters. The van der Waals surface area contributed by atoms with Gasteiger partial charge in [-0.25, -0.2) is 23.3 Å². The number of rotatable bonds is 0. The molecule has 0 N–H and O–H groups in total. The van der Waals surface area contributed by atoms with E-state index in [2.05, 4.69) is 63.4 Å². The van der Waals surface area contributed by atoms with Gasteiger partial charge in [-0.2, -0.15) is 12.2 Å². The van der Waals surface area contributed by atoms with Crippen LogP contribution in [-0.4, -0.2) is 9.52 Å². The summed E-state index contributed by atoms with van der Waals surface area (Å²) < 4.78 is 0. The van der Waals surface area contributed by atoms with Crippen molar-refractivity contribution < 1.29 is 46.5 Å². The molecule has 0 heterocycles. The maximum Gasteiger partial charge on any atom is 4.00 e. The summed E-state index contributed by atoms with van der Waals surface area (Å²) in [6.45, 7) is 8.53. The van der Waals surface area contributed by atoms with Crippen LogP contribution in [0.2, 0.25) is 13.1 Å². The van der Waals surface area contributed by atoms with Crippen molar-refractivity contribution in [1.29, 1.82) is 0 Å². The Morgan fingerprint density at radius 1 is 0.889 bits per heavy atom. The molecule has 2 rings (SSSR count). The fourth-order valence-corrected chi connectivity index (χ4v) is 1.03. The fourth-order valence-electron chi connectivity index (χ4n) is 1.03. The summed E-state index contributed by atoms with van der Waals surface area (Å²) in [7, 11) is 0.750. The van der Waals surface area contributed by atoms with Crippen LogP contribution in [0.5, 0.6) is 0 Å². The zero-order valence-corrected chi connectivity index (χ0v) is 15.8. The molecule has 0 saturated carbocycles. The fraction of sp³-hybridized carbons (Fsp3) is 0.429.